The van der Waals surface area contributed by atoms with Gasteiger partial charge in [-0.1, -0.05) is 60.7 Å². The van der Waals surface area contributed by atoms with Gasteiger partial charge < -0.3 is 5.32 Å². The van der Waals surface area contributed by atoms with Crippen LogP contribution in [0.25, 0.3) is 0 Å². The molecular formula is C24H20N6O3S. The number of non-ortho nitro benzene ring substituents is 1. The van der Waals surface area contributed by atoms with Crippen molar-refractivity contribution in [3.05, 3.63) is 122 Å². The number of nitro groups is 1. The Kier molecular flexibility index (Phi) is 6.99. The lowest BCUT2D eigenvalue weighted by Crippen LogP contribution is -2.31. The second kappa shape index (κ2) is 10.5. The highest BCUT2D eigenvalue weighted by atomic mass is 32.1. The number of carbonyl (C=O) groups excluding carboxylic acids is 1. The van der Waals surface area contributed by atoms with Crippen LogP contribution in [0.4, 0.5) is 5.69 Å². The smallest absolute Gasteiger partial charge is 0.270 e. The number of carbonyl (C=O) groups is 1. The second-order valence-corrected chi connectivity index (χ2v) is 7.76. The molecule has 0 aliphatic heterocycles. The monoisotopic (exact) mass is 472 g/mol. The zero-order valence-electron chi connectivity index (χ0n) is 17.9. The molecule has 0 bridgehead atoms. The number of nitro benzene ring substituents is 1. The van der Waals surface area contributed by atoms with Gasteiger partial charge in [0.1, 0.15) is 0 Å². The highest BCUT2D eigenvalue weighted by Gasteiger charge is 2.22. The van der Waals surface area contributed by atoms with Crippen molar-refractivity contribution in [3.8, 4) is 0 Å². The van der Waals surface area contributed by atoms with Crippen molar-refractivity contribution in [3.63, 3.8) is 0 Å². The van der Waals surface area contributed by atoms with Crippen molar-refractivity contribution < 1.29 is 9.72 Å². The highest BCUT2D eigenvalue weighted by Crippen LogP contribution is 2.19. The summed E-state index contributed by atoms with van der Waals surface area (Å²) in [5, 5.41) is 25.5. The summed E-state index contributed by atoms with van der Waals surface area (Å²) in [6.07, 6.45) is 1.91. The topological polar surface area (TPSA) is 118 Å². The SMILES string of the molecule is O=C(NC(Cc1ccccc1)c1n[nH]c(=S)n1N=Cc1cccc([N+](=O)[O-])c1)c1ccccc1. The third kappa shape index (κ3) is 5.48. The van der Waals surface area contributed by atoms with Crippen LogP contribution in [0.1, 0.15) is 33.4 Å². The van der Waals surface area contributed by atoms with Crippen LogP contribution in [-0.4, -0.2) is 31.9 Å². The third-order valence-electron chi connectivity index (χ3n) is 5.01. The number of nitrogens with zero attached hydrogens (tertiary/aromatic N) is 4. The van der Waals surface area contributed by atoms with Crippen molar-refractivity contribution in [2.24, 2.45) is 5.10 Å². The molecule has 170 valence electrons. The third-order valence-corrected chi connectivity index (χ3v) is 5.28. The van der Waals surface area contributed by atoms with E-state index < -0.39 is 11.0 Å². The average Bonchev–Trinajstić information content (AvgIpc) is 3.23. The molecule has 1 atom stereocenters. The molecule has 0 aliphatic carbocycles. The maximum Gasteiger partial charge on any atom is 0.270 e. The minimum atomic E-state index is -0.551. The molecule has 34 heavy (non-hydrogen) atoms. The molecule has 0 saturated heterocycles. The zero-order valence-corrected chi connectivity index (χ0v) is 18.7. The minimum Gasteiger partial charge on any atom is -0.342 e. The molecule has 0 fully saturated rings. The number of aromatic amines is 1. The number of nitrogens with one attached hydrogen (secondary N) is 2. The number of hydrogen-bond donors (Lipinski definition) is 2. The van der Waals surface area contributed by atoms with Crippen LogP contribution in [0.5, 0.6) is 0 Å². The lowest BCUT2D eigenvalue weighted by molar-refractivity contribution is -0.384. The summed E-state index contributed by atoms with van der Waals surface area (Å²) < 4.78 is 1.64. The summed E-state index contributed by atoms with van der Waals surface area (Å²) >= 11 is 5.36. The summed E-state index contributed by atoms with van der Waals surface area (Å²) in [5.74, 6) is 0.143. The number of rotatable bonds is 8. The summed E-state index contributed by atoms with van der Waals surface area (Å²) in [4.78, 5) is 23.5. The number of hydrogen-bond acceptors (Lipinski definition) is 6. The summed E-state index contributed by atoms with van der Waals surface area (Å²) in [7, 11) is 0. The van der Waals surface area contributed by atoms with Crippen molar-refractivity contribution in [1.82, 2.24) is 20.2 Å². The molecule has 0 radical (unpaired) electrons. The Bertz CT molecular complexity index is 1380. The van der Waals surface area contributed by atoms with E-state index in [1.54, 1.807) is 36.4 Å². The molecule has 4 rings (SSSR count). The fourth-order valence-electron chi connectivity index (χ4n) is 3.37. The first-order chi connectivity index (χ1) is 16.5. The fraction of sp³-hybridized carbons (Fsp3) is 0.0833. The first-order valence-electron chi connectivity index (χ1n) is 10.4. The number of amides is 1. The average molecular weight is 473 g/mol. The van der Waals surface area contributed by atoms with E-state index in [4.69, 9.17) is 12.2 Å². The Morgan fingerprint density at radius 3 is 2.53 bits per heavy atom. The first kappa shape index (κ1) is 22.7. The van der Waals surface area contributed by atoms with Crippen molar-refractivity contribution in [2.75, 3.05) is 0 Å². The molecular weight excluding hydrogens is 452 g/mol. The van der Waals surface area contributed by atoms with Crippen molar-refractivity contribution >= 4 is 30.0 Å². The van der Waals surface area contributed by atoms with Gasteiger partial charge in [-0.2, -0.15) is 14.9 Å². The van der Waals surface area contributed by atoms with Gasteiger partial charge in [-0.15, -0.1) is 0 Å². The Hall–Kier alpha value is -4.44. The molecule has 0 saturated carbocycles. The Morgan fingerprint density at radius 1 is 1.12 bits per heavy atom. The van der Waals surface area contributed by atoms with Gasteiger partial charge in [0.2, 0.25) is 4.77 Å². The van der Waals surface area contributed by atoms with Gasteiger partial charge in [0, 0.05) is 29.7 Å². The van der Waals surface area contributed by atoms with Gasteiger partial charge in [0.25, 0.3) is 11.6 Å². The van der Waals surface area contributed by atoms with Gasteiger partial charge in [0.15, 0.2) is 5.82 Å². The van der Waals surface area contributed by atoms with E-state index in [1.165, 1.54) is 23.0 Å². The van der Waals surface area contributed by atoms with Crippen LogP contribution in [0.3, 0.4) is 0 Å². The van der Waals surface area contributed by atoms with E-state index in [-0.39, 0.29) is 16.4 Å². The normalized spacial score (nSPS) is 11.9. The predicted octanol–water partition coefficient (Wildman–Crippen LogP) is 4.44. The molecule has 0 spiro atoms. The molecule has 2 N–H and O–H groups in total. The van der Waals surface area contributed by atoms with Crippen LogP contribution >= 0.6 is 12.2 Å². The van der Waals surface area contributed by atoms with Crippen molar-refractivity contribution in [1.29, 1.82) is 0 Å². The van der Waals surface area contributed by atoms with E-state index in [2.05, 4.69) is 20.6 Å². The Labute approximate surface area is 199 Å². The lowest BCUT2D eigenvalue weighted by Gasteiger charge is -2.18. The van der Waals surface area contributed by atoms with Crippen LogP contribution in [0.15, 0.2) is 90.0 Å². The number of H-pyrrole nitrogens is 1. The van der Waals surface area contributed by atoms with Crippen molar-refractivity contribution in [2.45, 2.75) is 12.5 Å². The van der Waals surface area contributed by atoms with E-state index >= 15 is 0 Å². The van der Waals surface area contributed by atoms with Gasteiger partial charge >= 0.3 is 0 Å². The molecule has 1 unspecified atom stereocenters. The van der Waals surface area contributed by atoms with E-state index in [1.807, 2.05) is 36.4 Å². The van der Waals surface area contributed by atoms with Crippen LogP contribution in [0.2, 0.25) is 0 Å². The summed E-state index contributed by atoms with van der Waals surface area (Å²) in [6.45, 7) is 0. The van der Waals surface area contributed by atoms with E-state index in [0.29, 0.717) is 23.4 Å². The minimum absolute atomic E-state index is 0.0444. The predicted molar refractivity (Wildman–Crippen MR) is 130 cm³/mol. The molecule has 0 aliphatic rings. The van der Waals surface area contributed by atoms with Gasteiger partial charge in [-0.25, -0.2) is 0 Å². The summed E-state index contributed by atoms with van der Waals surface area (Å²) in [5.41, 5.74) is 1.98. The standard InChI is InChI=1S/C24H20N6O3S/c31-23(19-11-5-2-6-12-19)26-21(15-17-8-3-1-4-9-17)22-27-28-24(34)29(22)25-16-18-10-7-13-20(14-18)30(32)33/h1-14,16,21H,15H2,(H,26,31)(H,28,34). The highest BCUT2D eigenvalue weighted by molar-refractivity contribution is 7.71. The van der Waals surface area contributed by atoms with E-state index in [9.17, 15) is 14.9 Å². The van der Waals surface area contributed by atoms with Crippen LogP contribution in [-0.2, 0) is 6.42 Å². The molecule has 1 aromatic heterocycles. The molecule has 4 aromatic rings. The maximum absolute atomic E-state index is 12.9. The molecule has 10 heteroatoms. The number of benzene rings is 3. The first-order valence-corrected chi connectivity index (χ1v) is 10.8. The Balaban J connectivity index is 1.67. The van der Waals surface area contributed by atoms with Crippen LogP contribution in [0, 0.1) is 14.9 Å². The Morgan fingerprint density at radius 2 is 1.82 bits per heavy atom. The van der Waals surface area contributed by atoms with E-state index in [0.717, 1.165) is 5.56 Å². The molecule has 3 aromatic carbocycles. The van der Waals surface area contributed by atoms with Crippen LogP contribution < -0.4 is 5.32 Å². The molecule has 1 amide bonds. The summed E-state index contributed by atoms with van der Waals surface area (Å²) in [6, 6.07) is 24.1. The lowest BCUT2D eigenvalue weighted by atomic mass is 10.0. The maximum atomic E-state index is 12.9. The molecule has 9 nitrogen and oxygen atoms in total. The quantitative estimate of drug-likeness (QED) is 0.170. The largest absolute Gasteiger partial charge is 0.342 e. The second-order valence-electron chi connectivity index (χ2n) is 7.38. The van der Waals surface area contributed by atoms with Gasteiger partial charge in [-0.3, -0.25) is 20.0 Å². The zero-order chi connectivity index (χ0) is 23.9. The van der Waals surface area contributed by atoms with Gasteiger partial charge in [0.05, 0.1) is 17.2 Å². The number of aromatic nitrogens is 3. The fourth-order valence-corrected chi connectivity index (χ4v) is 3.56. The van der Waals surface area contributed by atoms with Gasteiger partial charge in [-0.05, 0) is 29.9 Å². The molecule has 1 heterocycles.